The van der Waals surface area contributed by atoms with Crippen molar-refractivity contribution in [2.75, 3.05) is 0 Å². The molecule has 4 nitrogen and oxygen atoms in total. The number of carbonyl (C=O) groups is 1. The predicted octanol–water partition coefficient (Wildman–Crippen LogP) is 3.79. The number of hydrogen-bond acceptors (Lipinski definition) is 2. The minimum atomic E-state index is -0.165. The molecule has 0 radical (unpaired) electrons. The van der Waals surface area contributed by atoms with E-state index in [0.717, 1.165) is 28.1 Å². The Morgan fingerprint density at radius 3 is 2.19 bits per heavy atom. The van der Waals surface area contributed by atoms with E-state index < -0.39 is 0 Å². The minimum Gasteiger partial charge on any atom is -0.345 e. The fraction of sp³-hybridized carbons (Fsp3) is 0.273. The fourth-order valence-corrected chi connectivity index (χ4v) is 3.21. The summed E-state index contributed by atoms with van der Waals surface area (Å²) in [7, 11) is 1.91. The number of nitrogens with zero attached hydrogens (tertiary/aromatic N) is 2. The molecule has 1 atom stereocenters. The van der Waals surface area contributed by atoms with E-state index in [4.69, 9.17) is 0 Å². The molecule has 0 aliphatic rings. The number of carbonyl (C=O) groups excluding carboxylic acids is 1. The highest BCUT2D eigenvalue weighted by atomic mass is 16.1. The smallest absolute Gasteiger partial charge is 0.225 e. The molecule has 1 amide bonds. The zero-order valence-corrected chi connectivity index (χ0v) is 15.8. The van der Waals surface area contributed by atoms with Gasteiger partial charge in [0.05, 0.1) is 18.2 Å². The molecule has 0 bridgehead atoms. The van der Waals surface area contributed by atoms with E-state index in [1.54, 1.807) is 0 Å². The van der Waals surface area contributed by atoms with E-state index in [1.807, 2.05) is 55.9 Å². The number of amides is 1. The lowest BCUT2D eigenvalue weighted by Crippen LogP contribution is -2.30. The van der Waals surface area contributed by atoms with Crippen molar-refractivity contribution in [3.05, 3.63) is 88.2 Å². The van der Waals surface area contributed by atoms with E-state index >= 15 is 0 Å². The predicted molar refractivity (Wildman–Crippen MR) is 104 cm³/mol. The van der Waals surface area contributed by atoms with Crippen molar-refractivity contribution < 1.29 is 4.79 Å². The molecular formula is C22H25N3O. The summed E-state index contributed by atoms with van der Waals surface area (Å²) in [4.78, 5) is 12.8. The summed E-state index contributed by atoms with van der Waals surface area (Å²) in [6.07, 6.45) is 0.334. The minimum absolute atomic E-state index is 0.00127. The Morgan fingerprint density at radius 2 is 1.62 bits per heavy atom. The summed E-state index contributed by atoms with van der Waals surface area (Å²) < 4.78 is 1.83. The van der Waals surface area contributed by atoms with Crippen molar-refractivity contribution in [1.82, 2.24) is 15.1 Å². The molecule has 134 valence electrons. The second-order valence-corrected chi connectivity index (χ2v) is 6.77. The molecule has 3 aromatic rings. The number of aryl methyl sites for hydroxylation is 3. The molecule has 1 N–H and O–H groups in total. The first-order valence-corrected chi connectivity index (χ1v) is 8.85. The summed E-state index contributed by atoms with van der Waals surface area (Å²) in [6.45, 7) is 6.01. The van der Waals surface area contributed by atoms with Crippen molar-refractivity contribution in [2.45, 2.75) is 33.2 Å². The zero-order valence-electron chi connectivity index (χ0n) is 15.8. The van der Waals surface area contributed by atoms with Gasteiger partial charge in [0.25, 0.3) is 0 Å². The lowest BCUT2D eigenvalue weighted by atomic mass is 9.97. The average Bonchev–Trinajstić information content (AvgIpc) is 2.87. The topological polar surface area (TPSA) is 46.9 Å². The third-order valence-corrected chi connectivity index (χ3v) is 4.85. The first-order valence-electron chi connectivity index (χ1n) is 8.85. The van der Waals surface area contributed by atoms with Gasteiger partial charge < -0.3 is 5.32 Å². The molecule has 4 heteroatoms. The normalized spacial score (nSPS) is 12.0. The molecule has 1 heterocycles. The van der Waals surface area contributed by atoms with Crippen LogP contribution in [0.2, 0.25) is 0 Å². The van der Waals surface area contributed by atoms with Crippen LogP contribution in [0.1, 0.15) is 39.7 Å². The molecule has 0 saturated heterocycles. The molecule has 1 aromatic heterocycles. The highest BCUT2D eigenvalue weighted by Crippen LogP contribution is 2.23. The van der Waals surface area contributed by atoms with Crippen molar-refractivity contribution in [3.63, 3.8) is 0 Å². The lowest BCUT2D eigenvalue weighted by Gasteiger charge is -2.20. The van der Waals surface area contributed by atoms with Gasteiger partial charge in [0.1, 0.15) is 0 Å². The number of rotatable bonds is 5. The third-order valence-electron chi connectivity index (χ3n) is 4.85. The van der Waals surface area contributed by atoms with Crippen molar-refractivity contribution in [1.29, 1.82) is 0 Å². The van der Waals surface area contributed by atoms with Gasteiger partial charge in [-0.2, -0.15) is 5.10 Å². The number of hydrogen-bond donors (Lipinski definition) is 1. The van der Waals surface area contributed by atoms with Gasteiger partial charge in [0.15, 0.2) is 0 Å². The van der Waals surface area contributed by atoms with Gasteiger partial charge in [-0.05, 0) is 31.9 Å². The molecule has 0 aliphatic heterocycles. The zero-order chi connectivity index (χ0) is 18.7. The number of benzene rings is 2. The third kappa shape index (κ3) is 3.85. The Balaban J connectivity index is 1.86. The Labute approximate surface area is 154 Å². The van der Waals surface area contributed by atoms with Crippen molar-refractivity contribution in [3.8, 4) is 0 Å². The molecule has 3 rings (SSSR count). The highest BCUT2D eigenvalue weighted by Gasteiger charge is 2.19. The van der Waals surface area contributed by atoms with Crippen molar-refractivity contribution in [2.24, 2.45) is 7.05 Å². The summed E-state index contributed by atoms with van der Waals surface area (Å²) in [6, 6.07) is 18.2. The van der Waals surface area contributed by atoms with Crippen LogP contribution in [0.3, 0.4) is 0 Å². The summed E-state index contributed by atoms with van der Waals surface area (Å²) in [5, 5.41) is 7.61. The summed E-state index contributed by atoms with van der Waals surface area (Å²) in [5.74, 6) is -0.00127. The fourth-order valence-electron chi connectivity index (χ4n) is 3.21. The Bertz CT molecular complexity index is 895. The molecule has 2 aromatic carbocycles. The van der Waals surface area contributed by atoms with Crippen LogP contribution >= 0.6 is 0 Å². The maximum Gasteiger partial charge on any atom is 0.225 e. The first-order chi connectivity index (χ1) is 12.5. The molecule has 1 unspecified atom stereocenters. The van der Waals surface area contributed by atoms with E-state index in [-0.39, 0.29) is 11.9 Å². The van der Waals surface area contributed by atoms with Crippen LogP contribution in [0.5, 0.6) is 0 Å². The average molecular weight is 347 g/mol. The first kappa shape index (κ1) is 17.9. The van der Waals surface area contributed by atoms with E-state index in [2.05, 4.69) is 41.6 Å². The van der Waals surface area contributed by atoms with Gasteiger partial charge in [-0.3, -0.25) is 9.48 Å². The maximum absolute atomic E-state index is 12.8. The summed E-state index contributed by atoms with van der Waals surface area (Å²) in [5.41, 5.74) is 6.30. The monoisotopic (exact) mass is 347 g/mol. The van der Waals surface area contributed by atoms with Gasteiger partial charge in [-0.25, -0.2) is 0 Å². The van der Waals surface area contributed by atoms with Crippen LogP contribution in [0.15, 0.2) is 54.6 Å². The van der Waals surface area contributed by atoms with Gasteiger partial charge in [-0.15, -0.1) is 0 Å². The van der Waals surface area contributed by atoms with Crippen LogP contribution in [0.25, 0.3) is 0 Å². The molecule has 0 fully saturated rings. The van der Waals surface area contributed by atoms with Crippen LogP contribution in [-0.2, 0) is 18.3 Å². The number of nitrogens with one attached hydrogen (secondary N) is 1. The lowest BCUT2D eigenvalue weighted by molar-refractivity contribution is -0.121. The Hall–Kier alpha value is -2.88. The Morgan fingerprint density at radius 1 is 1.00 bits per heavy atom. The van der Waals surface area contributed by atoms with Crippen LogP contribution in [-0.4, -0.2) is 15.7 Å². The molecule has 26 heavy (non-hydrogen) atoms. The largest absolute Gasteiger partial charge is 0.345 e. The van der Waals surface area contributed by atoms with Crippen LogP contribution in [0.4, 0.5) is 0 Å². The van der Waals surface area contributed by atoms with Gasteiger partial charge in [0, 0.05) is 18.3 Å². The van der Waals surface area contributed by atoms with E-state index in [1.165, 1.54) is 5.56 Å². The maximum atomic E-state index is 12.8. The standard InChI is InChI=1S/C22H25N3O/c1-15-10-12-19(13-11-15)22(18-8-6-5-7-9-18)23-21(26)14-20-16(2)24-25(4)17(20)3/h5-13,22H,14H2,1-4H3,(H,23,26). The second kappa shape index (κ2) is 7.56. The highest BCUT2D eigenvalue weighted by molar-refractivity contribution is 5.80. The molecule has 0 spiro atoms. The molecule has 0 saturated carbocycles. The number of aromatic nitrogens is 2. The van der Waals surface area contributed by atoms with Gasteiger partial charge >= 0.3 is 0 Å². The molecular weight excluding hydrogens is 322 g/mol. The summed E-state index contributed by atoms with van der Waals surface area (Å²) >= 11 is 0. The van der Waals surface area contributed by atoms with Crippen molar-refractivity contribution >= 4 is 5.91 Å². The van der Waals surface area contributed by atoms with Crippen LogP contribution in [0, 0.1) is 20.8 Å². The van der Waals surface area contributed by atoms with Gasteiger partial charge in [0.2, 0.25) is 5.91 Å². The quantitative estimate of drug-likeness (QED) is 0.763. The molecule has 0 aliphatic carbocycles. The van der Waals surface area contributed by atoms with Crippen LogP contribution < -0.4 is 5.32 Å². The SMILES string of the molecule is Cc1ccc(C(NC(=O)Cc2c(C)nn(C)c2C)c2ccccc2)cc1. The Kier molecular flexibility index (Phi) is 5.21. The second-order valence-electron chi connectivity index (χ2n) is 6.77. The van der Waals surface area contributed by atoms with E-state index in [0.29, 0.717) is 6.42 Å². The van der Waals surface area contributed by atoms with Gasteiger partial charge in [-0.1, -0.05) is 60.2 Å². The van der Waals surface area contributed by atoms with E-state index in [9.17, 15) is 4.79 Å².